The van der Waals surface area contributed by atoms with Gasteiger partial charge < -0.3 is 0 Å². The largest absolute Gasteiger partial charge is 0.298 e. The summed E-state index contributed by atoms with van der Waals surface area (Å²) in [7, 11) is -3.55. The number of allylic oxidation sites excluding steroid dienone is 1. The summed E-state index contributed by atoms with van der Waals surface area (Å²) in [6.45, 7) is 12.1. The summed E-state index contributed by atoms with van der Waals surface area (Å²) < 4.78 is 27.8. The van der Waals surface area contributed by atoms with Crippen molar-refractivity contribution in [3.8, 4) is 6.07 Å². The fourth-order valence-electron chi connectivity index (χ4n) is 2.89. The van der Waals surface area contributed by atoms with Gasteiger partial charge in [0.15, 0.2) is 17.4 Å². The highest BCUT2D eigenvalue weighted by Gasteiger charge is 2.38. The van der Waals surface area contributed by atoms with Crippen molar-refractivity contribution in [1.82, 2.24) is 20.6 Å². The Balaban J connectivity index is 2.09. The number of hydrazine groups is 1. The van der Waals surface area contributed by atoms with Crippen molar-refractivity contribution < 1.29 is 8.42 Å². The molecule has 0 unspecified atom stereocenters. The highest BCUT2D eigenvalue weighted by atomic mass is 32.2. The molecule has 0 saturated carbocycles. The lowest BCUT2D eigenvalue weighted by Gasteiger charge is -2.26. The minimum absolute atomic E-state index is 0.0700. The number of sulfonamides is 1. The minimum Gasteiger partial charge on any atom is -0.298 e. The standard InChI is InChI=1S/C17H24N8O2S/c1-16(2,3)12-10(9-18)14(22-20-12)21-19-11-13(17(4,5)6)23-25-7-8-28(26,27)24-15(11)25/h23H,7-8H2,1-6H3,(H,20,22). The predicted octanol–water partition coefficient (Wildman–Crippen LogP) is 2.48. The Morgan fingerprint density at radius 2 is 1.82 bits per heavy atom. The lowest BCUT2D eigenvalue weighted by molar-refractivity contribution is 0.326. The van der Waals surface area contributed by atoms with Crippen LogP contribution in [0.1, 0.15) is 52.8 Å². The molecule has 0 aromatic carbocycles. The van der Waals surface area contributed by atoms with Gasteiger partial charge in [0.25, 0.3) is 10.0 Å². The van der Waals surface area contributed by atoms with Gasteiger partial charge in [-0.25, -0.2) is 8.42 Å². The van der Waals surface area contributed by atoms with Crippen LogP contribution >= 0.6 is 0 Å². The number of nitriles is 1. The highest BCUT2D eigenvalue weighted by molar-refractivity contribution is 7.90. The normalized spacial score (nSPS) is 19.5. The first-order valence-electron chi connectivity index (χ1n) is 8.86. The van der Waals surface area contributed by atoms with Crippen molar-refractivity contribution in [1.29, 1.82) is 5.26 Å². The van der Waals surface area contributed by atoms with Crippen molar-refractivity contribution in [2.45, 2.75) is 47.0 Å². The number of amidine groups is 1. The van der Waals surface area contributed by atoms with E-state index in [-0.39, 0.29) is 34.8 Å². The van der Waals surface area contributed by atoms with Gasteiger partial charge in [-0.3, -0.25) is 15.5 Å². The van der Waals surface area contributed by atoms with E-state index in [9.17, 15) is 13.7 Å². The van der Waals surface area contributed by atoms with Crippen LogP contribution in [0.4, 0.5) is 5.82 Å². The number of azo groups is 1. The van der Waals surface area contributed by atoms with Gasteiger partial charge in [-0.05, 0) is 0 Å². The molecule has 2 N–H and O–H groups in total. The van der Waals surface area contributed by atoms with Gasteiger partial charge in [0.2, 0.25) is 0 Å². The molecule has 2 aliphatic heterocycles. The Kier molecular flexibility index (Phi) is 4.58. The summed E-state index contributed by atoms with van der Waals surface area (Å²) in [5, 5.41) is 26.6. The van der Waals surface area contributed by atoms with Crippen LogP contribution in [0.3, 0.4) is 0 Å². The molecule has 2 aliphatic rings. The fourth-order valence-corrected chi connectivity index (χ4v) is 3.84. The molecule has 0 bridgehead atoms. The molecular formula is C17H24N8O2S. The molecule has 0 amide bonds. The number of hydrogen-bond donors (Lipinski definition) is 2. The van der Waals surface area contributed by atoms with Crippen molar-refractivity contribution in [2.24, 2.45) is 20.0 Å². The number of hydrogen-bond acceptors (Lipinski definition) is 8. The molecule has 0 radical (unpaired) electrons. The Hall–Kier alpha value is -2.74. The van der Waals surface area contributed by atoms with Crippen LogP contribution in [-0.4, -0.2) is 41.8 Å². The van der Waals surface area contributed by atoms with Gasteiger partial charge in [-0.1, -0.05) is 41.5 Å². The first-order valence-corrected chi connectivity index (χ1v) is 10.5. The van der Waals surface area contributed by atoms with E-state index in [1.165, 1.54) is 0 Å². The van der Waals surface area contributed by atoms with Gasteiger partial charge >= 0.3 is 0 Å². The maximum absolute atomic E-state index is 12.0. The Bertz CT molecular complexity index is 1040. The molecule has 0 spiro atoms. The zero-order chi connectivity index (χ0) is 20.9. The van der Waals surface area contributed by atoms with E-state index in [4.69, 9.17) is 0 Å². The maximum atomic E-state index is 12.0. The molecule has 0 atom stereocenters. The van der Waals surface area contributed by atoms with Crippen molar-refractivity contribution >= 4 is 21.7 Å². The second-order valence-corrected chi connectivity index (χ2v) is 10.6. The summed E-state index contributed by atoms with van der Waals surface area (Å²) in [5.41, 5.74) is 4.47. The smallest absolute Gasteiger partial charge is 0.257 e. The molecule has 0 saturated heterocycles. The van der Waals surface area contributed by atoms with Gasteiger partial charge in [0.05, 0.1) is 23.7 Å². The predicted molar refractivity (Wildman–Crippen MR) is 104 cm³/mol. The van der Waals surface area contributed by atoms with Crippen LogP contribution in [0.5, 0.6) is 0 Å². The quantitative estimate of drug-likeness (QED) is 0.726. The number of nitrogens with zero attached hydrogens (tertiary/aromatic N) is 6. The second-order valence-electron chi connectivity index (χ2n) is 8.80. The molecule has 150 valence electrons. The van der Waals surface area contributed by atoms with E-state index in [0.717, 1.165) is 0 Å². The molecule has 11 heteroatoms. The zero-order valence-corrected chi connectivity index (χ0v) is 17.6. The lowest BCUT2D eigenvalue weighted by Crippen LogP contribution is -2.43. The van der Waals surface area contributed by atoms with E-state index in [1.807, 2.05) is 41.5 Å². The van der Waals surface area contributed by atoms with E-state index in [0.29, 0.717) is 22.7 Å². The molecule has 0 fully saturated rings. The number of nitrogens with one attached hydrogen (secondary N) is 2. The van der Waals surface area contributed by atoms with Crippen LogP contribution in [-0.2, 0) is 15.4 Å². The third-order valence-corrected chi connectivity index (χ3v) is 5.47. The number of H-pyrrole nitrogens is 1. The lowest BCUT2D eigenvalue weighted by atomic mass is 9.90. The number of fused-ring (bicyclic) bond motifs is 1. The molecule has 10 nitrogen and oxygen atoms in total. The monoisotopic (exact) mass is 404 g/mol. The summed E-state index contributed by atoms with van der Waals surface area (Å²) in [5.74, 6) is 0.374. The van der Waals surface area contributed by atoms with Crippen LogP contribution < -0.4 is 5.43 Å². The topological polar surface area (TPSA) is 139 Å². The fraction of sp³-hybridized carbons (Fsp3) is 0.588. The van der Waals surface area contributed by atoms with E-state index in [2.05, 4.69) is 36.3 Å². The molecule has 1 aromatic rings. The van der Waals surface area contributed by atoms with Crippen LogP contribution in [0.25, 0.3) is 0 Å². The Labute approximate surface area is 164 Å². The van der Waals surface area contributed by atoms with Crippen molar-refractivity contribution in [3.63, 3.8) is 0 Å². The molecule has 0 aliphatic carbocycles. The van der Waals surface area contributed by atoms with Gasteiger partial charge in [-0.15, -0.1) is 14.6 Å². The van der Waals surface area contributed by atoms with Crippen LogP contribution in [0, 0.1) is 16.7 Å². The summed E-state index contributed by atoms with van der Waals surface area (Å²) in [4.78, 5) is 0. The first-order chi connectivity index (χ1) is 12.8. The number of aromatic nitrogens is 2. The van der Waals surface area contributed by atoms with Gasteiger partial charge in [0.1, 0.15) is 11.6 Å². The summed E-state index contributed by atoms with van der Waals surface area (Å²) >= 11 is 0. The molecule has 1 aromatic heterocycles. The SMILES string of the molecule is CC(C)(C)C1=C(N=Nc2[nH]nc(C(C)(C)C)c2C#N)C2=NS(=O)(=O)CCN2N1. The van der Waals surface area contributed by atoms with E-state index < -0.39 is 10.0 Å². The zero-order valence-electron chi connectivity index (χ0n) is 16.8. The van der Waals surface area contributed by atoms with Crippen LogP contribution in [0.15, 0.2) is 26.0 Å². The molecule has 3 heterocycles. The average molecular weight is 405 g/mol. The maximum Gasteiger partial charge on any atom is 0.257 e. The molecule has 28 heavy (non-hydrogen) atoms. The highest BCUT2D eigenvalue weighted by Crippen LogP contribution is 2.35. The van der Waals surface area contributed by atoms with Crippen LogP contribution in [0.2, 0.25) is 0 Å². The van der Waals surface area contributed by atoms with Gasteiger partial charge in [-0.2, -0.15) is 10.4 Å². The number of rotatable bonds is 2. The van der Waals surface area contributed by atoms with E-state index >= 15 is 0 Å². The van der Waals surface area contributed by atoms with Crippen molar-refractivity contribution in [3.05, 3.63) is 22.7 Å². The van der Waals surface area contributed by atoms with Gasteiger partial charge in [0, 0.05) is 10.8 Å². The molecule has 3 rings (SSSR count). The second kappa shape index (κ2) is 6.41. The summed E-state index contributed by atoms with van der Waals surface area (Å²) in [6.07, 6.45) is 0. The Morgan fingerprint density at radius 3 is 2.39 bits per heavy atom. The average Bonchev–Trinajstić information content (AvgIpc) is 3.11. The third-order valence-electron chi connectivity index (χ3n) is 4.32. The number of aromatic amines is 1. The van der Waals surface area contributed by atoms with E-state index in [1.54, 1.807) is 5.01 Å². The Morgan fingerprint density at radius 1 is 1.14 bits per heavy atom. The minimum atomic E-state index is -3.55. The van der Waals surface area contributed by atoms with Crippen molar-refractivity contribution in [2.75, 3.05) is 12.3 Å². The molecular weight excluding hydrogens is 380 g/mol. The third kappa shape index (κ3) is 3.64. The first kappa shape index (κ1) is 20.0. The summed E-state index contributed by atoms with van der Waals surface area (Å²) in [6, 6.07) is 2.12.